The third kappa shape index (κ3) is 1.71. The van der Waals surface area contributed by atoms with Crippen LogP contribution in [0.1, 0.15) is 43.7 Å². The Balaban J connectivity index is 2.46. The molecule has 0 saturated heterocycles. The lowest BCUT2D eigenvalue weighted by Gasteiger charge is -2.34. The number of carbonyl (C=O) groups is 1. The van der Waals surface area contributed by atoms with Gasteiger partial charge in [0.05, 0.1) is 5.41 Å². The normalized spacial score (nSPS) is 24.6. The van der Waals surface area contributed by atoms with Gasteiger partial charge in [0.2, 0.25) is 0 Å². The van der Waals surface area contributed by atoms with Gasteiger partial charge in [-0.1, -0.05) is 37.6 Å². The first-order valence-electron chi connectivity index (χ1n) is 5.87. The minimum atomic E-state index is -0.177. The van der Waals surface area contributed by atoms with Crippen LogP contribution < -0.4 is 0 Å². The lowest BCUT2D eigenvalue weighted by Crippen LogP contribution is -2.32. The minimum Gasteiger partial charge on any atom is -0.302 e. The summed E-state index contributed by atoms with van der Waals surface area (Å²) in [7, 11) is 0. The van der Waals surface area contributed by atoms with Crippen LogP contribution in [0.15, 0.2) is 24.3 Å². The fourth-order valence-electron chi connectivity index (χ4n) is 2.84. The van der Waals surface area contributed by atoms with Crippen LogP contribution in [0.4, 0.5) is 0 Å². The van der Waals surface area contributed by atoms with Crippen molar-refractivity contribution in [2.75, 3.05) is 0 Å². The van der Waals surface area contributed by atoms with Gasteiger partial charge in [-0.3, -0.25) is 0 Å². The second kappa shape index (κ2) is 4.18. The molecule has 0 N–H and O–H groups in total. The second-order valence-electron chi connectivity index (χ2n) is 4.53. The van der Waals surface area contributed by atoms with Gasteiger partial charge in [-0.2, -0.15) is 0 Å². The summed E-state index contributed by atoms with van der Waals surface area (Å²) in [6.45, 7) is 2.16. The van der Waals surface area contributed by atoms with Crippen molar-refractivity contribution in [3.05, 3.63) is 35.4 Å². The number of carbonyl (C=O) groups excluding carboxylic acids is 1. The van der Waals surface area contributed by atoms with Crippen LogP contribution in [0.25, 0.3) is 0 Å². The number of fused-ring (bicyclic) bond motifs is 1. The van der Waals surface area contributed by atoms with Crippen LogP contribution in [-0.4, -0.2) is 6.29 Å². The summed E-state index contributed by atoms with van der Waals surface area (Å²) in [5.41, 5.74) is 2.49. The maximum atomic E-state index is 11.4. The number of aryl methyl sites for hydroxylation is 1. The molecule has 0 saturated carbocycles. The molecule has 0 aliphatic heterocycles. The Bertz CT molecular complexity index is 356. The van der Waals surface area contributed by atoms with Gasteiger partial charge in [-0.15, -0.1) is 0 Å². The maximum absolute atomic E-state index is 11.4. The standard InChI is InChI=1S/C14H18O/c1-2-9-14(11-15)10-5-7-12-6-3-4-8-13(12)14/h3-4,6,8,11H,2,5,7,9-10H2,1H3/t14-/m1/s1. The van der Waals surface area contributed by atoms with E-state index in [4.69, 9.17) is 0 Å². The van der Waals surface area contributed by atoms with E-state index in [0.29, 0.717) is 0 Å². The molecule has 1 aromatic carbocycles. The number of hydrogen-bond acceptors (Lipinski definition) is 1. The Morgan fingerprint density at radius 2 is 2.20 bits per heavy atom. The van der Waals surface area contributed by atoms with E-state index in [0.717, 1.165) is 32.1 Å². The minimum absolute atomic E-state index is 0.177. The van der Waals surface area contributed by atoms with E-state index in [1.54, 1.807) is 0 Å². The zero-order chi connectivity index (χ0) is 10.7. The number of rotatable bonds is 3. The molecule has 1 atom stereocenters. The summed E-state index contributed by atoms with van der Waals surface area (Å²) in [5, 5.41) is 0. The molecule has 15 heavy (non-hydrogen) atoms. The van der Waals surface area contributed by atoms with E-state index >= 15 is 0 Å². The summed E-state index contributed by atoms with van der Waals surface area (Å²) in [4.78, 5) is 11.4. The molecule has 1 aliphatic rings. The number of hydrogen-bond donors (Lipinski definition) is 0. The molecular formula is C14H18O. The Morgan fingerprint density at radius 3 is 2.93 bits per heavy atom. The fourth-order valence-corrected chi connectivity index (χ4v) is 2.84. The van der Waals surface area contributed by atoms with Gasteiger partial charge in [-0.05, 0) is 36.8 Å². The van der Waals surface area contributed by atoms with Gasteiger partial charge in [-0.25, -0.2) is 0 Å². The third-order valence-corrected chi connectivity index (χ3v) is 3.54. The zero-order valence-electron chi connectivity index (χ0n) is 9.33. The molecule has 0 amide bonds. The lowest BCUT2D eigenvalue weighted by atomic mass is 9.68. The highest BCUT2D eigenvalue weighted by Crippen LogP contribution is 2.39. The Labute approximate surface area is 91.5 Å². The van der Waals surface area contributed by atoms with E-state index < -0.39 is 0 Å². The predicted molar refractivity (Wildman–Crippen MR) is 62.0 cm³/mol. The summed E-state index contributed by atoms with van der Waals surface area (Å²) in [5.74, 6) is 0. The Kier molecular flexibility index (Phi) is 2.90. The largest absolute Gasteiger partial charge is 0.302 e. The predicted octanol–water partition coefficient (Wildman–Crippen LogP) is 3.26. The molecule has 0 aromatic heterocycles. The topological polar surface area (TPSA) is 17.1 Å². The molecule has 0 heterocycles. The van der Waals surface area contributed by atoms with Gasteiger partial charge in [0.15, 0.2) is 0 Å². The highest BCUT2D eigenvalue weighted by Gasteiger charge is 2.34. The molecule has 1 aromatic rings. The van der Waals surface area contributed by atoms with Gasteiger partial charge < -0.3 is 4.79 Å². The lowest BCUT2D eigenvalue weighted by molar-refractivity contribution is -0.113. The molecule has 0 spiro atoms. The van der Waals surface area contributed by atoms with Crippen LogP contribution in [0.3, 0.4) is 0 Å². The molecule has 0 unspecified atom stereocenters. The van der Waals surface area contributed by atoms with E-state index in [1.165, 1.54) is 17.4 Å². The van der Waals surface area contributed by atoms with Crippen LogP contribution in [0, 0.1) is 0 Å². The highest BCUT2D eigenvalue weighted by molar-refractivity contribution is 5.70. The molecule has 0 fully saturated rings. The van der Waals surface area contributed by atoms with Crippen molar-refractivity contribution in [1.29, 1.82) is 0 Å². The first-order chi connectivity index (χ1) is 7.32. The molecule has 80 valence electrons. The van der Waals surface area contributed by atoms with Crippen molar-refractivity contribution in [2.45, 2.75) is 44.4 Å². The first-order valence-corrected chi connectivity index (χ1v) is 5.87. The van der Waals surface area contributed by atoms with Gasteiger partial charge in [0.1, 0.15) is 6.29 Å². The highest BCUT2D eigenvalue weighted by atomic mass is 16.1. The van der Waals surface area contributed by atoms with Gasteiger partial charge >= 0.3 is 0 Å². The zero-order valence-corrected chi connectivity index (χ0v) is 9.33. The van der Waals surface area contributed by atoms with Crippen molar-refractivity contribution in [1.82, 2.24) is 0 Å². The second-order valence-corrected chi connectivity index (χ2v) is 4.53. The molecular weight excluding hydrogens is 184 g/mol. The van der Waals surface area contributed by atoms with Crippen molar-refractivity contribution in [2.24, 2.45) is 0 Å². The molecule has 1 aliphatic carbocycles. The average molecular weight is 202 g/mol. The Morgan fingerprint density at radius 1 is 1.40 bits per heavy atom. The van der Waals surface area contributed by atoms with Crippen molar-refractivity contribution in [3.63, 3.8) is 0 Å². The van der Waals surface area contributed by atoms with Crippen molar-refractivity contribution < 1.29 is 4.79 Å². The first kappa shape index (κ1) is 10.4. The van der Waals surface area contributed by atoms with Crippen LogP contribution in [-0.2, 0) is 16.6 Å². The monoisotopic (exact) mass is 202 g/mol. The fraction of sp³-hybridized carbons (Fsp3) is 0.500. The third-order valence-electron chi connectivity index (χ3n) is 3.54. The van der Waals surface area contributed by atoms with E-state index in [2.05, 4.69) is 31.2 Å². The number of benzene rings is 1. The quantitative estimate of drug-likeness (QED) is 0.687. The molecule has 1 nitrogen and oxygen atoms in total. The molecule has 2 rings (SSSR count). The SMILES string of the molecule is CCC[C@]1(C=O)CCCc2ccccc21. The van der Waals surface area contributed by atoms with Crippen LogP contribution in [0.5, 0.6) is 0 Å². The van der Waals surface area contributed by atoms with E-state index in [9.17, 15) is 4.79 Å². The number of aldehydes is 1. The smallest absolute Gasteiger partial charge is 0.130 e. The summed E-state index contributed by atoms with van der Waals surface area (Å²) >= 11 is 0. The summed E-state index contributed by atoms with van der Waals surface area (Å²) in [6.07, 6.45) is 6.57. The molecule has 0 bridgehead atoms. The van der Waals surface area contributed by atoms with E-state index in [-0.39, 0.29) is 5.41 Å². The van der Waals surface area contributed by atoms with Crippen molar-refractivity contribution >= 4 is 6.29 Å². The maximum Gasteiger partial charge on any atom is 0.130 e. The van der Waals surface area contributed by atoms with Gasteiger partial charge in [0, 0.05) is 0 Å². The molecule has 0 radical (unpaired) electrons. The van der Waals surface area contributed by atoms with Crippen molar-refractivity contribution in [3.8, 4) is 0 Å². The summed E-state index contributed by atoms with van der Waals surface area (Å²) < 4.78 is 0. The van der Waals surface area contributed by atoms with Crippen LogP contribution >= 0.6 is 0 Å². The molecule has 1 heteroatoms. The Hall–Kier alpha value is -1.11. The summed E-state index contributed by atoms with van der Waals surface area (Å²) in [6, 6.07) is 8.44. The average Bonchev–Trinajstić information content (AvgIpc) is 2.30. The van der Waals surface area contributed by atoms with Gasteiger partial charge in [0.25, 0.3) is 0 Å². The van der Waals surface area contributed by atoms with Crippen LogP contribution in [0.2, 0.25) is 0 Å². The van der Waals surface area contributed by atoms with E-state index in [1.807, 2.05) is 0 Å².